The largest absolute Gasteiger partial charge is 0.508 e. The summed E-state index contributed by atoms with van der Waals surface area (Å²) >= 11 is 0. The van der Waals surface area contributed by atoms with Gasteiger partial charge >= 0.3 is 0 Å². The van der Waals surface area contributed by atoms with Crippen molar-refractivity contribution in [2.45, 2.75) is 12.5 Å². The number of hydrogen-bond donors (Lipinski definition) is 2. The lowest BCUT2D eigenvalue weighted by Gasteiger charge is -2.19. The Morgan fingerprint density at radius 3 is 2.50 bits per heavy atom. The van der Waals surface area contributed by atoms with E-state index in [0.29, 0.717) is 0 Å². The second-order valence-electron chi connectivity index (χ2n) is 5.65. The van der Waals surface area contributed by atoms with Gasteiger partial charge in [-0.15, -0.1) is 0 Å². The van der Waals surface area contributed by atoms with Crippen LogP contribution in [0.15, 0.2) is 67.0 Å². The van der Waals surface area contributed by atoms with Crippen molar-refractivity contribution in [2.75, 3.05) is 0 Å². The Balaban J connectivity index is 1.80. The number of hydrogen-bond acceptors (Lipinski definition) is 3. The first kappa shape index (κ1) is 15.8. The van der Waals surface area contributed by atoms with E-state index in [1.807, 2.05) is 48.1 Å². The Bertz CT molecular complexity index is 810. The molecule has 24 heavy (non-hydrogen) atoms. The lowest BCUT2D eigenvalue weighted by atomic mass is 10.1. The summed E-state index contributed by atoms with van der Waals surface area (Å²) in [7, 11) is 1.91. The second-order valence-corrected chi connectivity index (χ2v) is 5.65. The number of nitrogens with one attached hydrogen (secondary N) is 1. The van der Waals surface area contributed by atoms with E-state index in [1.165, 1.54) is 0 Å². The van der Waals surface area contributed by atoms with Crippen LogP contribution in [0.2, 0.25) is 0 Å². The number of carbonyl (C=O) groups is 1. The van der Waals surface area contributed by atoms with Crippen molar-refractivity contribution in [3.63, 3.8) is 0 Å². The Morgan fingerprint density at radius 2 is 1.88 bits per heavy atom. The summed E-state index contributed by atoms with van der Waals surface area (Å²) in [5.74, 6) is 0.868. The van der Waals surface area contributed by atoms with Crippen LogP contribution in [0.3, 0.4) is 0 Å². The lowest BCUT2D eigenvalue weighted by Crippen LogP contribution is -2.32. The van der Waals surface area contributed by atoms with Crippen LogP contribution < -0.4 is 5.32 Å². The predicted octanol–water partition coefficient (Wildman–Crippen LogP) is 2.57. The van der Waals surface area contributed by atoms with Crippen LogP contribution >= 0.6 is 0 Å². The van der Waals surface area contributed by atoms with Crippen molar-refractivity contribution in [1.29, 1.82) is 0 Å². The predicted molar refractivity (Wildman–Crippen MR) is 91.4 cm³/mol. The minimum atomic E-state index is -0.309. The molecule has 0 saturated heterocycles. The fraction of sp³-hybridized carbons (Fsp3) is 0.158. The molecular weight excluding hydrogens is 302 g/mol. The van der Waals surface area contributed by atoms with E-state index >= 15 is 0 Å². The first-order chi connectivity index (χ1) is 11.6. The van der Waals surface area contributed by atoms with Crippen LogP contribution in [0.4, 0.5) is 0 Å². The molecular formula is C19H19N3O2. The minimum absolute atomic E-state index is 0.0995. The van der Waals surface area contributed by atoms with Gasteiger partial charge in [0, 0.05) is 19.4 Å². The van der Waals surface area contributed by atoms with Crippen LogP contribution in [0.5, 0.6) is 5.75 Å². The van der Waals surface area contributed by atoms with Crippen molar-refractivity contribution in [1.82, 2.24) is 14.9 Å². The number of aromatic nitrogens is 2. The molecule has 1 amide bonds. The zero-order valence-corrected chi connectivity index (χ0v) is 13.4. The number of benzene rings is 2. The van der Waals surface area contributed by atoms with Gasteiger partial charge in [-0.2, -0.15) is 0 Å². The highest BCUT2D eigenvalue weighted by atomic mass is 16.3. The molecule has 2 N–H and O–H groups in total. The van der Waals surface area contributed by atoms with Crippen molar-refractivity contribution in [3.05, 3.63) is 83.9 Å². The van der Waals surface area contributed by atoms with Crippen LogP contribution in [0.25, 0.3) is 0 Å². The number of aromatic hydroxyl groups is 1. The lowest BCUT2D eigenvalue weighted by molar-refractivity contribution is -0.121. The average molecular weight is 321 g/mol. The van der Waals surface area contributed by atoms with E-state index in [1.54, 1.807) is 30.5 Å². The zero-order valence-electron chi connectivity index (χ0n) is 13.4. The summed E-state index contributed by atoms with van der Waals surface area (Å²) in [4.78, 5) is 16.9. The topological polar surface area (TPSA) is 67.2 Å². The Labute approximate surface area is 140 Å². The van der Waals surface area contributed by atoms with Crippen LogP contribution in [0, 0.1) is 0 Å². The van der Waals surface area contributed by atoms with Crippen LogP contribution in [-0.2, 0) is 18.3 Å². The smallest absolute Gasteiger partial charge is 0.225 e. The monoisotopic (exact) mass is 321 g/mol. The molecule has 0 unspecified atom stereocenters. The molecule has 5 heteroatoms. The molecule has 0 bridgehead atoms. The molecule has 0 aliphatic carbocycles. The fourth-order valence-electron chi connectivity index (χ4n) is 2.61. The Hall–Kier alpha value is -3.08. The van der Waals surface area contributed by atoms with E-state index in [2.05, 4.69) is 10.3 Å². The second kappa shape index (κ2) is 7.00. The van der Waals surface area contributed by atoms with Gasteiger partial charge < -0.3 is 15.0 Å². The quantitative estimate of drug-likeness (QED) is 0.759. The number of imidazole rings is 1. The highest BCUT2D eigenvalue weighted by Gasteiger charge is 2.20. The summed E-state index contributed by atoms with van der Waals surface area (Å²) in [6, 6.07) is 16.1. The summed E-state index contributed by atoms with van der Waals surface area (Å²) in [5, 5.41) is 12.4. The van der Waals surface area contributed by atoms with Gasteiger partial charge in [-0.3, -0.25) is 4.79 Å². The standard InChI is InChI=1S/C19H19N3O2/c1-22-12-11-20-19(22)18(15-5-3-2-4-6-15)21-17(24)13-14-7-9-16(23)10-8-14/h2-12,18,23H,13H2,1H3,(H,21,24)/t18-/m0/s1. The minimum Gasteiger partial charge on any atom is -0.508 e. The number of rotatable bonds is 5. The van der Waals surface area contributed by atoms with E-state index in [9.17, 15) is 9.90 Å². The summed E-state index contributed by atoms with van der Waals surface area (Å²) in [6.07, 6.45) is 3.82. The number of phenols is 1. The van der Waals surface area contributed by atoms with Gasteiger partial charge in [-0.25, -0.2) is 4.98 Å². The molecule has 0 fully saturated rings. The van der Waals surface area contributed by atoms with Gasteiger partial charge in [0.2, 0.25) is 5.91 Å². The summed E-state index contributed by atoms with van der Waals surface area (Å²) in [5.41, 5.74) is 1.82. The third-order valence-corrected chi connectivity index (χ3v) is 3.86. The number of carbonyl (C=O) groups excluding carboxylic acids is 1. The maximum absolute atomic E-state index is 12.5. The van der Waals surface area contributed by atoms with E-state index in [0.717, 1.165) is 17.0 Å². The Kier molecular flexibility index (Phi) is 4.61. The van der Waals surface area contributed by atoms with Crippen LogP contribution in [0.1, 0.15) is 23.0 Å². The molecule has 3 aromatic rings. The van der Waals surface area contributed by atoms with Gasteiger partial charge in [0.15, 0.2) is 0 Å². The molecule has 1 heterocycles. The SMILES string of the molecule is Cn1ccnc1[C@@H](NC(=O)Cc1ccc(O)cc1)c1ccccc1. The van der Waals surface area contributed by atoms with Crippen LogP contribution in [-0.4, -0.2) is 20.6 Å². The number of phenolic OH excluding ortho intramolecular Hbond substituents is 1. The molecule has 1 aromatic heterocycles. The third-order valence-electron chi connectivity index (χ3n) is 3.86. The van der Waals surface area contributed by atoms with E-state index in [-0.39, 0.29) is 24.1 Å². The summed E-state index contributed by atoms with van der Waals surface area (Å²) in [6.45, 7) is 0. The maximum atomic E-state index is 12.5. The summed E-state index contributed by atoms with van der Waals surface area (Å²) < 4.78 is 1.90. The van der Waals surface area contributed by atoms with E-state index < -0.39 is 0 Å². The molecule has 0 aliphatic rings. The van der Waals surface area contributed by atoms with Gasteiger partial charge in [-0.05, 0) is 23.3 Å². The van der Waals surface area contributed by atoms with E-state index in [4.69, 9.17) is 0 Å². The highest BCUT2D eigenvalue weighted by Crippen LogP contribution is 2.20. The van der Waals surface area contributed by atoms with Crippen molar-refractivity contribution in [3.8, 4) is 5.75 Å². The molecule has 3 rings (SSSR count). The molecule has 1 atom stereocenters. The number of amides is 1. The zero-order chi connectivity index (χ0) is 16.9. The van der Waals surface area contributed by atoms with Gasteiger partial charge in [0.05, 0.1) is 6.42 Å². The van der Waals surface area contributed by atoms with Gasteiger partial charge in [0.25, 0.3) is 0 Å². The Morgan fingerprint density at radius 1 is 1.17 bits per heavy atom. The number of aryl methyl sites for hydroxylation is 1. The molecule has 5 nitrogen and oxygen atoms in total. The molecule has 0 aliphatic heterocycles. The number of nitrogens with zero attached hydrogens (tertiary/aromatic N) is 2. The molecule has 2 aromatic carbocycles. The van der Waals surface area contributed by atoms with Crippen molar-refractivity contribution in [2.24, 2.45) is 7.05 Å². The average Bonchev–Trinajstić information content (AvgIpc) is 3.01. The molecule has 0 radical (unpaired) electrons. The molecule has 0 spiro atoms. The first-order valence-electron chi connectivity index (χ1n) is 7.73. The first-order valence-corrected chi connectivity index (χ1v) is 7.73. The van der Waals surface area contributed by atoms with Gasteiger partial charge in [-0.1, -0.05) is 42.5 Å². The molecule has 0 saturated carbocycles. The normalized spacial score (nSPS) is 11.9. The van der Waals surface area contributed by atoms with Crippen molar-refractivity contribution < 1.29 is 9.90 Å². The third kappa shape index (κ3) is 3.63. The maximum Gasteiger partial charge on any atom is 0.225 e. The van der Waals surface area contributed by atoms with Crippen molar-refractivity contribution >= 4 is 5.91 Å². The van der Waals surface area contributed by atoms with Gasteiger partial charge in [0.1, 0.15) is 17.6 Å². The highest BCUT2D eigenvalue weighted by molar-refractivity contribution is 5.79. The molecule has 122 valence electrons. The fourth-order valence-corrected chi connectivity index (χ4v) is 2.61.